The van der Waals surface area contributed by atoms with Crippen LogP contribution in [0.15, 0.2) is 9.64 Å². The van der Waals surface area contributed by atoms with E-state index >= 15 is 0 Å². The maximum Gasteiger partial charge on any atom is 0.341 e. The van der Waals surface area contributed by atoms with Gasteiger partial charge in [-0.05, 0) is 38.7 Å². The van der Waals surface area contributed by atoms with E-state index in [1.807, 2.05) is 13.8 Å². The minimum atomic E-state index is -0.405. The van der Waals surface area contributed by atoms with Gasteiger partial charge in [-0.25, -0.2) is 4.79 Å². The van der Waals surface area contributed by atoms with Crippen molar-refractivity contribution in [2.75, 3.05) is 17.7 Å². The third-order valence-corrected chi connectivity index (χ3v) is 7.17. The summed E-state index contributed by atoms with van der Waals surface area (Å²) in [5.41, 5.74) is 1.32. The molecule has 3 rings (SSSR count). The molecule has 0 aliphatic heterocycles. The summed E-state index contributed by atoms with van der Waals surface area (Å²) in [5.74, 6) is 0.527. The molecule has 0 bridgehead atoms. The molecule has 1 aliphatic rings. The molecule has 2 aromatic rings. The van der Waals surface area contributed by atoms with Gasteiger partial charge in [-0.3, -0.25) is 4.79 Å². The molecule has 29 heavy (non-hydrogen) atoms. The first-order chi connectivity index (χ1) is 14.0. The van der Waals surface area contributed by atoms with Crippen LogP contribution in [-0.2, 0) is 16.0 Å². The zero-order valence-electron chi connectivity index (χ0n) is 17.1. The molecule has 1 fully saturated rings. The van der Waals surface area contributed by atoms with Gasteiger partial charge in [0.15, 0.2) is 0 Å². The molecule has 1 N–H and O–H groups in total. The van der Waals surface area contributed by atoms with E-state index in [0.29, 0.717) is 34.2 Å². The number of amides is 1. The molecular weight excluding hydrogens is 410 g/mol. The van der Waals surface area contributed by atoms with Crippen molar-refractivity contribution in [3.63, 3.8) is 0 Å². The number of esters is 1. The molecule has 0 atom stereocenters. The molecule has 1 amide bonds. The van der Waals surface area contributed by atoms with E-state index in [2.05, 4.69) is 15.5 Å². The zero-order chi connectivity index (χ0) is 20.8. The fraction of sp³-hybridized carbons (Fsp3) is 0.600. The second kappa shape index (κ2) is 10.2. The Labute approximate surface area is 179 Å². The number of anilines is 1. The van der Waals surface area contributed by atoms with Gasteiger partial charge < -0.3 is 14.5 Å². The number of nitrogens with zero attached hydrogens (tertiary/aromatic N) is 2. The smallest absolute Gasteiger partial charge is 0.341 e. The molecule has 0 aromatic carbocycles. The normalized spacial score (nSPS) is 14.7. The van der Waals surface area contributed by atoms with E-state index in [9.17, 15) is 9.59 Å². The Hall–Kier alpha value is -1.87. The van der Waals surface area contributed by atoms with Crippen LogP contribution < -0.4 is 5.32 Å². The quantitative estimate of drug-likeness (QED) is 0.461. The number of thioether (sulfide) groups is 1. The number of ether oxygens (including phenoxy) is 1. The van der Waals surface area contributed by atoms with Gasteiger partial charge in [-0.1, -0.05) is 37.9 Å². The summed E-state index contributed by atoms with van der Waals surface area (Å²) >= 11 is 2.63. The number of rotatable bonds is 8. The molecule has 0 unspecified atom stereocenters. The summed E-state index contributed by atoms with van der Waals surface area (Å²) in [4.78, 5) is 25.9. The Morgan fingerprint density at radius 3 is 2.69 bits per heavy atom. The number of nitrogens with one attached hydrogen (secondary N) is 1. The molecule has 158 valence electrons. The molecule has 1 saturated carbocycles. The van der Waals surface area contributed by atoms with E-state index in [4.69, 9.17) is 9.15 Å². The summed E-state index contributed by atoms with van der Waals surface area (Å²) in [7, 11) is 0. The minimum absolute atomic E-state index is 0.132. The van der Waals surface area contributed by atoms with Crippen LogP contribution in [0.3, 0.4) is 0 Å². The predicted octanol–water partition coefficient (Wildman–Crippen LogP) is 4.96. The largest absolute Gasteiger partial charge is 0.462 e. The van der Waals surface area contributed by atoms with Gasteiger partial charge in [0, 0.05) is 10.8 Å². The number of hydrogen-bond acceptors (Lipinski definition) is 8. The van der Waals surface area contributed by atoms with Gasteiger partial charge in [-0.15, -0.1) is 21.5 Å². The van der Waals surface area contributed by atoms with Crippen molar-refractivity contribution in [1.82, 2.24) is 10.2 Å². The maximum absolute atomic E-state index is 12.5. The number of carbonyl (C=O) groups is 2. The van der Waals surface area contributed by atoms with E-state index in [1.54, 1.807) is 6.92 Å². The van der Waals surface area contributed by atoms with Gasteiger partial charge in [0.2, 0.25) is 11.8 Å². The number of thiophene rings is 1. The lowest BCUT2D eigenvalue weighted by atomic mass is 9.89. The van der Waals surface area contributed by atoms with Crippen molar-refractivity contribution >= 4 is 40.0 Å². The third kappa shape index (κ3) is 5.39. The Morgan fingerprint density at radius 1 is 1.24 bits per heavy atom. The molecule has 1 aliphatic carbocycles. The van der Waals surface area contributed by atoms with Gasteiger partial charge in [0.1, 0.15) is 5.00 Å². The Kier molecular flexibility index (Phi) is 7.71. The van der Waals surface area contributed by atoms with Crippen LogP contribution in [-0.4, -0.2) is 34.4 Å². The standard InChI is InChI=1S/C20H27N3O4S2/c1-4-14-12(3)16(19(25)26-5-2)18(29-14)21-15(24)11-28-20-23-22-17(27-20)13-9-7-6-8-10-13/h13H,4-11H2,1-3H3,(H,21,24). The van der Waals surface area contributed by atoms with Gasteiger partial charge in [-0.2, -0.15) is 0 Å². The second-order valence-corrected chi connectivity index (χ2v) is 9.04. The summed E-state index contributed by atoms with van der Waals surface area (Å²) in [6.45, 7) is 5.96. The van der Waals surface area contributed by atoms with Crippen LogP contribution in [0.25, 0.3) is 0 Å². The molecule has 2 heterocycles. The van der Waals surface area contributed by atoms with Crippen LogP contribution >= 0.6 is 23.1 Å². The highest BCUT2D eigenvalue weighted by Crippen LogP contribution is 2.35. The van der Waals surface area contributed by atoms with Crippen LogP contribution in [0.1, 0.15) is 78.6 Å². The molecule has 0 spiro atoms. The molecule has 7 nitrogen and oxygen atoms in total. The first kappa shape index (κ1) is 21.8. The van der Waals surface area contributed by atoms with Gasteiger partial charge >= 0.3 is 5.97 Å². The lowest BCUT2D eigenvalue weighted by Gasteiger charge is -2.17. The number of aromatic nitrogens is 2. The van der Waals surface area contributed by atoms with Crippen molar-refractivity contribution in [2.45, 2.75) is 70.4 Å². The molecular formula is C20H27N3O4S2. The first-order valence-electron chi connectivity index (χ1n) is 10.1. The average molecular weight is 438 g/mol. The average Bonchev–Trinajstić information content (AvgIpc) is 3.31. The predicted molar refractivity (Wildman–Crippen MR) is 114 cm³/mol. The molecule has 0 saturated heterocycles. The summed E-state index contributed by atoms with van der Waals surface area (Å²) < 4.78 is 10.9. The van der Waals surface area contributed by atoms with Crippen LogP contribution in [0, 0.1) is 6.92 Å². The topological polar surface area (TPSA) is 94.3 Å². The number of carbonyl (C=O) groups excluding carboxylic acids is 2. The van der Waals surface area contributed by atoms with Crippen molar-refractivity contribution in [1.29, 1.82) is 0 Å². The molecule has 9 heteroatoms. The van der Waals surface area contributed by atoms with Crippen molar-refractivity contribution in [3.8, 4) is 0 Å². The van der Waals surface area contributed by atoms with Crippen molar-refractivity contribution in [3.05, 3.63) is 21.9 Å². The minimum Gasteiger partial charge on any atom is -0.462 e. The lowest BCUT2D eigenvalue weighted by Crippen LogP contribution is -2.16. The number of aryl methyl sites for hydroxylation is 1. The fourth-order valence-corrected chi connectivity index (χ4v) is 5.24. The first-order valence-corrected chi connectivity index (χ1v) is 11.9. The Balaban J connectivity index is 1.61. The zero-order valence-corrected chi connectivity index (χ0v) is 18.7. The van der Waals surface area contributed by atoms with Crippen molar-refractivity contribution < 1.29 is 18.7 Å². The lowest BCUT2D eigenvalue weighted by molar-refractivity contribution is -0.113. The Morgan fingerprint density at radius 2 is 2.00 bits per heavy atom. The SMILES string of the molecule is CCOC(=O)c1c(NC(=O)CSc2nnc(C3CCCCC3)o2)sc(CC)c1C. The van der Waals surface area contributed by atoms with Gasteiger partial charge in [0.05, 0.1) is 17.9 Å². The summed E-state index contributed by atoms with van der Waals surface area (Å²) in [5, 5.41) is 12.0. The van der Waals surface area contributed by atoms with Crippen LogP contribution in [0.4, 0.5) is 5.00 Å². The van der Waals surface area contributed by atoms with Gasteiger partial charge in [0.25, 0.3) is 5.22 Å². The van der Waals surface area contributed by atoms with E-state index in [1.165, 1.54) is 42.4 Å². The number of hydrogen-bond donors (Lipinski definition) is 1. The highest BCUT2D eigenvalue weighted by Gasteiger charge is 2.24. The van der Waals surface area contributed by atoms with E-state index < -0.39 is 5.97 Å². The fourth-order valence-electron chi connectivity index (χ4n) is 3.52. The highest BCUT2D eigenvalue weighted by molar-refractivity contribution is 7.99. The molecule has 0 radical (unpaired) electrons. The van der Waals surface area contributed by atoms with Crippen LogP contribution in [0.5, 0.6) is 0 Å². The monoisotopic (exact) mass is 437 g/mol. The summed E-state index contributed by atoms with van der Waals surface area (Å²) in [6, 6.07) is 0. The summed E-state index contributed by atoms with van der Waals surface area (Å²) in [6.07, 6.45) is 6.62. The van der Waals surface area contributed by atoms with Crippen molar-refractivity contribution in [2.24, 2.45) is 0 Å². The second-order valence-electron chi connectivity index (χ2n) is 7.01. The van der Waals surface area contributed by atoms with E-state index in [0.717, 1.165) is 29.7 Å². The Bertz CT molecular complexity index is 856. The third-order valence-electron chi connectivity index (χ3n) is 5.00. The highest BCUT2D eigenvalue weighted by atomic mass is 32.2. The van der Waals surface area contributed by atoms with E-state index in [-0.39, 0.29) is 11.7 Å². The molecule has 2 aromatic heterocycles. The van der Waals surface area contributed by atoms with Crippen LogP contribution in [0.2, 0.25) is 0 Å². The maximum atomic E-state index is 12.5.